The molecule has 1 saturated carbocycles. The number of benzene rings is 3. The molecule has 7 heteroatoms. The minimum absolute atomic E-state index is 0.0209. The average molecular weight is 528 g/mol. The molecule has 1 amide bonds. The Kier molecular flexibility index (Phi) is 8.29. The Morgan fingerprint density at radius 1 is 0.923 bits per heavy atom. The van der Waals surface area contributed by atoms with E-state index in [1.54, 1.807) is 0 Å². The third-order valence-electron chi connectivity index (χ3n) is 8.03. The molecular formula is C32H37N3O4. The highest BCUT2D eigenvalue weighted by atomic mass is 16.5. The summed E-state index contributed by atoms with van der Waals surface area (Å²) < 4.78 is 10.7. The largest absolute Gasteiger partial charge is 0.468 e. The van der Waals surface area contributed by atoms with Crippen molar-refractivity contribution < 1.29 is 19.1 Å². The van der Waals surface area contributed by atoms with Gasteiger partial charge in [0.25, 0.3) is 0 Å². The first-order chi connectivity index (χ1) is 19.0. The maximum absolute atomic E-state index is 12.6. The van der Waals surface area contributed by atoms with Crippen LogP contribution < -0.4 is 16.4 Å². The van der Waals surface area contributed by atoms with Crippen LogP contribution in [-0.2, 0) is 20.7 Å². The molecule has 0 aliphatic heterocycles. The summed E-state index contributed by atoms with van der Waals surface area (Å²) in [5.74, 6) is -0.175. The quantitative estimate of drug-likeness (QED) is 0.323. The van der Waals surface area contributed by atoms with Crippen molar-refractivity contribution in [1.29, 1.82) is 0 Å². The summed E-state index contributed by atoms with van der Waals surface area (Å²) in [6.45, 7) is 0.793. The fraction of sp³-hybridized carbons (Fsp3) is 0.375. The summed E-state index contributed by atoms with van der Waals surface area (Å²) in [6.07, 6.45) is 4.89. The van der Waals surface area contributed by atoms with Crippen LogP contribution in [0.5, 0.6) is 0 Å². The normalized spacial score (nSPS) is 16.6. The van der Waals surface area contributed by atoms with E-state index in [1.165, 1.54) is 29.4 Å². The number of amides is 1. The summed E-state index contributed by atoms with van der Waals surface area (Å²) in [5.41, 5.74) is 12.3. The Labute approximate surface area is 230 Å². The number of nitrogens with two attached hydrogens (primary N) is 1. The van der Waals surface area contributed by atoms with Crippen LogP contribution in [0.15, 0.2) is 72.8 Å². The number of carbonyl (C=O) groups is 2. The summed E-state index contributed by atoms with van der Waals surface area (Å²) in [6, 6.07) is 24.0. The topological polar surface area (TPSA) is 103 Å². The highest BCUT2D eigenvalue weighted by molar-refractivity contribution is 5.85. The molecule has 1 fully saturated rings. The van der Waals surface area contributed by atoms with Crippen molar-refractivity contribution in [3.05, 3.63) is 89.5 Å². The molecule has 0 bridgehead atoms. The third-order valence-corrected chi connectivity index (χ3v) is 8.03. The van der Waals surface area contributed by atoms with Gasteiger partial charge in [0.1, 0.15) is 12.1 Å². The maximum atomic E-state index is 12.6. The van der Waals surface area contributed by atoms with Gasteiger partial charge in [-0.3, -0.25) is 10.1 Å². The molecule has 7 nitrogen and oxygen atoms in total. The molecule has 2 aliphatic carbocycles. The lowest BCUT2D eigenvalue weighted by Gasteiger charge is -2.36. The Morgan fingerprint density at radius 2 is 1.54 bits per heavy atom. The molecule has 4 N–H and O–H groups in total. The molecule has 1 atom stereocenters. The van der Waals surface area contributed by atoms with Gasteiger partial charge in [0.05, 0.1) is 7.11 Å². The summed E-state index contributed by atoms with van der Waals surface area (Å²) >= 11 is 0. The Balaban J connectivity index is 1.12. The van der Waals surface area contributed by atoms with E-state index < -0.39 is 11.6 Å². The number of methoxy groups -OCH3 is 1. The van der Waals surface area contributed by atoms with E-state index in [9.17, 15) is 9.59 Å². The summed E-state index contributed by atoms with van der Waals surface area (Å²) in [4.78, 5) is 25.0. The number of carbonyl (C=O) groups excluding carboxylic acids is 2. The molecule has 3 aromatic rings. The molecular weight excluding hydrogens is 490 g/mol. The second-order valence-electron chi connectivity index (χ2n) is 10.6. The van der Waals surface area contributed by atoms with Gasteiger partial charge in [-0.05, 0) is 59.2 Å². The van der Waals surface area contributed by atoms with Crippen LogP contribution in [0.2, 0.25) is 0 Å². The molecule has 5 rings (SSSR count). The Morgan fingerprint density at radius 3 is 2.15 bits per heavy atom. The lowest BCUT2D eigenvalue weighted by molar-refractivity contribution is -0.150. The van der Waals surface area contributed by atoms with Gasteiger partial charge in [-0.25, -0.2) is 4.79 Å². The smallest absolute Gasteiger partial charge is 0.411 e. The van der Waals surface area contributed by atoms with E-state index in [-0.39, 0.29) is 24.5 Å². The Bertz CT molecular complexity index is 1260. The molecule has 0 spiro atoms. The number of nitrogens with one attached hydrogen (secondary N) is 2. The predicted molar refractivity (Wildman–Crippen MR) is 153 cm³/mol. The zero-order valence-corrected chi connectivity index (χ0v) is 22.5. The van der Waals surface area contributed by atoms with Crippen LogP contribution in [0.1, 0.15) is 54.7 Å². The first kappa shape index (κ1) is 26.9. The maximum Gasteiger partial charge on any atom is 0.411 e. The van der Waals surface area contributed by atoms with Crippen LogP contribution in [0.25, 0.3) is 11.1 Å². The summed E-state index contributed by atoms with van der Waals surface area (Å²) in [7, 11) is 1.44. The van der Waals surface area contributed by atoms with Gasteiger partial charge in [-0.2, -0.15) is 0 Å². The fourth-order valence-electron chi connectivity index (χ4n) is 5.98. The highest BCUT2D eigenvalue weighted by Crippen LogP contribution is 2.44. The molecule has 39 heavy (non-hydrogen) atoms. The van der Waals surface area contributed by atoms with Gasteiger partial charge in [0.2, 0.25) is 0 Å². The van der Waals surface area contributed by atoms with Crippen molar-refractivity contribution in [2.45, 2.75) is 56.0 Å². The van der Waals surface area contributed by atoms with Crippen LogP contribution in [0, 0.1) is 0 Å². The number of esters is 1. The van der Waals surface area contributed by atoms with Crippen LogP contribution in [0.3, 0.4) is 0 Å². The van der Waals surface area contributed by atoms with E-state index in [0.29, 0.717) is 18.7 Å². The van der Waals surface area contributed by atoms with Crippen LogP contribution in [-0.4, -0.2) is 43.9 Å². The second kappa shape index (κ2) is 12.0. The van der Waals surface area contributed by atoms with Crippen molar-refractivity contribution in [2.75, 3.05) is 25.6 Å². The number of ether oxygens (including phenoxy) is 2. The van der Waals surface area contributed by atoms with E-state index in [4.69, 9.17) is 15.2 Å². The number of fused-ring (bicyclic) bond motifs is 3. The minimum Gasteiger partial charge on any atom is -0.468 e. The molecule has 0 radical (unpaired) electrons. The lowest BCUT2D eigenvalue weighted by atomic mass is 9.81. The van der Waals surface area contributed by atoms with Gasteiger partial charge in [-0.15, -0.1) is 0 Å². The number of hydrogen-bond donors (Lipinski definition) is 3. The van der Waals surface area contributed by atoms with Crippen LogP contribution >= 0.6 is 0 Å². The molecule has 0 aromatic heterocycles. The fourth-order valence-corrected chi connectivity index (χ4v) is 5.98. The Hall–Kier alpha value is -3.68. The zero-order valence-electron chi connectivity index (χ0n) is 22.5. The standard InChI is InChI=1S/C32H37N3O4/c1-38-30(36)32(17-7-2-8-18-32)34-20-23(33)19-22-13-15-24(16-14-22)35-31(37)39-21-29-27-11-5-3-9-25(27)26-10-4-6-12-28(26)29/h3-6,9-16,23,29,34H,2,7-8,17-21,33H2,1H3,(H,35,37)/t23-/m0/s1. The number of hydrogen-bond acceptors (Lipinski definition) is 6. The van der Waals surface area contributed by atoms with E-state index in [1.807, 2.05) is 48.5 Å². The van der Waals surface area contributed by atoms with Gasteiger partial charge in [-0.1, -0.05) is 79.9 Å². The zero-order chi connectivity index (χ0) is 27.2. The summed E-state index contributed by atoms with van der Waals surface area (Å²) in [5, 5.41) is 6.25. The first-order valence-corrected chi connectivity index (χ1v) is 13.8. The van der Waals surface area contributed by atoms with Gasteiger partial charge in [0, 0.05) is 24.2 Å². The SMILES string of the molecule is COC(=O)C1(NC[C@@H](N)Cc2ccc(NC(=O)OCC3c4ccccc4-c4ccccc43)cc2)CCCCC1. The minimum atomic E-state index is -0.624. The van der Waals surface area contributed by atoms with Crippen molar-refractivity contribution >= 4 is 17.7 Å². The first-order valence-electron chi connectivity index (χ1n) is 13.8. The predicted octanol–water partition coefficient (Wildman–Crippen LogP) is 5.38. The molecule has 2 aliphatic rings. The number of anilines is 1. The van der Waals surface area contributed by atoms with Crippen LogP contribution in [0.4, 0.5) is 10.5 Å². The lowest BCUT2D eigenvalue weighted by Crippen LogP contribution is -2.56. The van der Waals surface area contributed by atoms with E-state index in [0.717, 1.165) is 37.7 Å². The molecule has 0 unspecified atom stereocenters. The molecule has 3 aromatic carbocycles. The molecule has 0 heterocycles. The average Bonchev–Trinajstić information content (AvgIpc) is 3.29. The van der Waals surface area contributed by atoms with Gasteiger partial charge >= 0.3 is 12.1 Å². The molecule has 0 saturated heterocycles. The second-order valence-corrected chi connectivity index (χ2v) is 10.6. The van der Waals surface area contributed by atoms with Crippen molar-refractivity contribution in [3.63, 3.8) is 0 Å². The monoisotopic (exact) mass is 527 g/mol. The highest BCUT2D eigenvalue weighted by Gasteiger charge is 2.40. The third kappa shape index (κ3) is 6.00. The van der Waals surface area contributed by atoms with E-state index >= 15 is 0 Å². The van der Waals surface area contributed by atoms with Gasteiger partial charge < -0.3 is 20.5 Å². The van der Waals surface area contributed by atoms with E-state index in [2.05, 4.69) is 34.9 Å². The number of rotatable bonds is 9. The van der Waals surface area contributed by atoms with Crippen molar-refractivity contribution in [2.24, 2.45) is 5.73 Å². The van der Waals surface area contributed by atoms with Gasteiger partial charge in [0.15, 0.2) is 0 Å². The van der Waals surface area contributed by atoms with Crippen molar-refractivity contribution in [1.82, 2.24) is 5.32 Å². The molecule has 204 valence electrons. The van der Waals surface area contributed by atoms with Crippen molar-refractivity contribution in [3.8, 4) is 11.1 Å².